The molecule has 0 aliphatic carbocycles. The largest absolute Gasteiger partial charge is 0.497 e. The molecule has 3 heterocycles. The van der Waals surface area contributed by atoms with E-state index < -0.39 is 0 Å². The third-order valence-corrected chi connectivity index (χ3v) is 6.12. The highest BCUT2D eigenvalue weighted by molar-refractivity contribution is 6.03. The van der Waals surface area contributed by atoms with Gasteiger partial charge in [-0.05, 0) is 67.9 Å². The van der Waals surface area contributed by atoms with E-state index in [2.05, 4.69) is 9.88 Å². The molecule has 7 heteroatoms. The van der Waals surface area contributed by atoms with Gasteiger partial charge < -0.3 is 9.72 Å². The van der Waals surface area contributed by atoms with E-state index >= 15 is 0 Å². The number of hydrogen-bond donors (Lipinski definition) is 1. The monoisotopic (exact) mass is 417 g/mol. The van der Waals surface area contributed by atoms with Crippen LogP contribution in [0.2, 0.25) is 0 Å². The van der Waals surface area contributed by atoms with Crippen molar-refractivity contribution in [2.75, 3.05) is 26.7 Å². The molecule has 1 amide bonds. The first kappa shape index (κ1) is 19.8. The fraction of sp³-hybridized carbons (Fsp3) is 0.375. The minimum Gasteiger partial charge on any atom is -0.497 e. The first-order chi connectivity index (χ1) is 15.2. The number of aromatic nitrogens is 2. The molecule has 31 heavy (non-hydrogen) atoms. The van der Waals surface area contributed by atoms with E-state index in [4.69, 9.17) is 14.8 Å². The minimum atomic E-state index is -0.234. The maximum absolute atomic E-state index is 13.3. The van der Waals surface area contributed by atoms with Gasteiger partial charge in [0.15, 0.2) is 0 Å². The molecule has 0 saturated carbocycles. The van der Waals surface area contributed by atoms with Gasteiger partial charge >= 0.3 is 0 Å². The number of carbonyl (C=O) groups excluding carboxylic acids is 1. The summed E-state index contributed by atoms with van der Waals surface area (Å²) < 4.78 is 5.27. The molecular formula is C24H27N5O2. The van der Waals surface area contributed by atoms with Crippen LogP contribution >= 0.6 is 0 Å². The zero-order valence-electron chi connectivity index (χ0n) is 17.8. The van der Waals surface area contributed by atoms with E-state index in [0.717, 1.165) is 59.8 Å². The zero-order chi connectivity index (χ0) is 21.2. The standard InChI is InChI=1S/C24H27N5O2/c1-31-18-11-9-17(10-12-18)21-15-22(24-25-19-7-3-4-8-20(19)26-24)29(27-21)23(30)16-28-13-5-2-6-14-28/h3-4,7-12,22H,2,5-6,13-16H2,1H3,(H,25,26). The molecule has 1 N–H and O–H groups in total. The highest BCUT2D eigenvalue weighted by Gasteiger charge is 2.35. The van der Waals surface area contributed by atoms with Gasteiger partial charge in [-0.1, -0.05) is 18.6 Å². The summed E-state index contributed by atoms with van der Waals surface area (Å²) in [5, 5.41) is 6.42. The number of imidazole rings is 1. The molecule has 1 unspecified atom stereocenters. The number of hydrogen-bond acceptors (Lipinski definition) is 5. The molecular weight excluding hydrogens is 390 g/mol. The van der Waals surface area contributed by atoms with Crippen LogP contribution in [0.15, 0.2) is 53.6 Å². The molecule has 2 aliphatic heterocycles. The van der Waals surface area contributed by atoms with Crippen molar-refractivity contribution in [1.82, 2.24) is 19.9 Å². The molecule has 2 aromatic carbocycles. The lowest BCUT2D eigenvalue weighted by molar-refractivity contribution is -0.134. The number of aromatic amines is 1. The number of rotatable bonds is 5. The second-order valence-corrected chi connectivity index (χ2v) is 8.21. The van der Waals surface area contributed by atoms with E-state index in [0.29, 0.717) is 13.0 Å². The van der Waals surface area contributed by atoms with Crippen molar-refractivity contribution in [3.8, 4) is 5.75 Å². The summed E-state index contributed by atoms with van der Waals surface area (Å²) in [4.78, 5) is 23.7. The molecule has 1 aromatic heterocycles. The SMILES string of the molecule is COc1ccc(C2=NN(C(=O)CN3CCCCC3)C(c3nc4ccccc4[nH]3)C2)cc1. The predicted molar refractivity (Wildman–Crippen MR) is 120 cm³/mol. The van der Waals surface area contributed by atoms with Crippen molar-refractivity contribution in [3.05, 3.63) is 59.9 Å². The maximum Gasteiger partial charge on any atom is 0.257 e. The Hall–Kier alpha value is -3.19. The van der Waals surface area contributed by atoms with Crippen molar-refractivity contribution in [1.29, 1.82) is 0 Å². The third-order valence-electron chi connectivity index (χ3n) is 6.12. The predicted octanol–water partition coefficient (Wildman–Crippen LogP) is 3.74. The van der Waals surface area contributed by atoms with E-state index in [1.54, 1.807) is 12.1 Å². The van der Waals surface area contributed by atoms with Gasteiger partial charge in [0.25, 0.3) is 5.91 Å². The number of amides is 1. The number of fused-ring (bicyclic) bond motifs is 1. The Morgan fingerprint density at radius 2 is 1.87 bits per heavy atom. The number of para-hydroxylation sites is 2. The van der Waals surface area contributed by atoms with Crippen molar-refractivity contribution in [2.24, 2.45) is 5.10 Å². The minimum absolute atomic E-state index is 0.0240. The lowest BCUT2D eigenvalue weighted by Crippen LogP contribution is -2.40. The molecule has 5 rings (SSSR count). The van der Waals surface area contributed by atoms with Crippen LogP contribution in [0.1, 0.15) is 43.1 Å². The number of ether oxygens (including phenoxy) is 1. The van der Waals surface area contributed by atoms with E-state index in [1.807, 2.05) is 48.5 Å². The molecule has 1 atom stereocenters. The average Bonchev–Trinajstić information content (AvgIpc) is 3.44. The lowest BCUT2D eigenvalue weighted by atomic mass is 10.0. The summed E-state index contributed by atoms with van der Waals surface area (Å²) in [6.45, 7) is 2.35. The van der Waals surface area contributed by atoms with Gasteiger partial charge in [-0.15, -0.1) is 0 Å². The number of nitrogens with one attached hydrogen (secondary N) is 1. The Morgan fingerprint density at radius 1 is 1.10 bits per heavy atom. The van der Waals surface area contributed by atoms with Gasteiger partial charge in [-0.2, -0.15) is 5.10 Å². The normalized spacial score (nSPS) is 19.6. The smallest absolute Gasteiger partial charge is 0.257 e. The second-order valence-electron chi connectivity index (χ2n) is 8.21. The Bertz CT molecular complexity index is 1070. The zero-order valence-corrected chi connectivity index (χ0v) is 17.8. The van der Waals surface area contributed by atoms with Crippen molar-refractivity contribution in [2.45, 2.75) is 31.7 Å². The van der Waals surface area contributed by atoms with Crippen molar-refractivity contribution in [3.63, 3.8) is 0 Å². The Balaban J connectivity index is 1.45. The molecule has 160 valence electrons. The van der Waals surface area contributed by atoms with Crippen LogP contribution in [0.4, 0.5) is 0 Å². The summed E-state index contributed by atoms with van der Waals surface area (Å²) in [6.07, 6.45) is 4.18. The summed E-state index contributed by atoms with van der Waals surface area (Å²) >= 11 is 0. The first-order valence-corrected chi connectivity index (χ1v) is 10.9. The quantitative estimate of drug-likeness (QED) is 0.686. The highest BCUT2D eigenvalue weighted by Crippen LogP contribution is 2.33. The van der Waals surface area contributed by atoms with E-state index in [9.17, 15) is 4.79 Å². The fourth-order valence-electron chi connectivity index (χ4n) is 4.42. The van der Waals surface area contributed by atoms with Crippen LogP contribution in [-0.4, -0.2) is 58.2 Å². The third kappa shape index (κ3) is 4.05. The van der Waals surface area contributed by atoms with E-state index in [1.165, 1.54) is 6.42 Å². The number of hydrazone groups is 1. The average molecular weight is 418 g/mol. The van der Waals surface area contributed by atoms with Crippen LogP contribution in [0.5, 0.6) is 5.75 Å². The van der Waals surface area contributed by atoms with Crippen molar-refractivity contribution >= 4 is 22.7 Å². The summed E-state index contributed by atoms with van der Waals surface area (Å²) in [5.74, 6) is 1.60. The molecule has 1 fully saturated rings. The first-order valence-electron chi connectivity index (χ1n) is 10.9. The van der Waals surface area contributed by atoms with Crippen LogP contribution in [0.25, 0.3) is 11.0 Å². The topological polar surface area (TPSA) is 73.8 Å². The number of methoxy groups -OCH3 is 1. The summed E-state index contributed by atoms with van der Waals surface area (Å²) in [5.41, 5.74) is 3.76. The number of nitrogens with zero attached hydrogens (tertiary/aromatic N) is 4. The van der Waals surface area contributed by atoms with Crippen LogP contribution in [0, 0.1) is 0 Å². The second kappa shape index (κ2) is 8.51. The van der Waals surface area contributed by atoms with Gasteiger partial charge in [0.1, 0.15) is 17.6 Å². The van der Waals surface area contributed by atoms with Crippen LogP contribution < -0.4 is 4.74 Å². The Labute approximate surface area is 181 Å². The lowest BCUT2D eigenvalue weighted by Gasteiger charge is -2.28. The molecule has 2 aliphatic rings. The number of likely N-dealkylation sites (tertiary alicyclic amines) is 1. The van der Waals surface area contributed by atoms with Crippen LogP contribution in [-0.2, 0) is 4.79 Å². The van der Waals surface area contributed by atoms with Crippen molar-refractivity contribution < 1.29 is 9.53 Å². The molecule has 0 radical (unpaired) electrons. The fourth-order valence-corrected chi connectivity index (χ4v) is 4.42. The molecule has 7 nitrogen and oxygen atoms in total. The number of H-pyrrole nitrogens is 1. The van der Waals surface area contributed by atoms with E-state index in [-0.39, 0.29) is 11.9 Å². The Kier molecular flexibility index (Phi) is 5.42. The molecule has 1 saturated heterocycles. The number of piperidine rings is 1. The highest BCUT2D eigenvalue weighted by atomic mass is 16.5. The number of carbonyl (C=O) groups is 1. The maximum atomic E-state index is 13.3. The Morgan fingerprint density at radius 3 is 2.61 bits per heavy atom. The van der Waals surface area contributed by atoms with Gasteiger partial charge in [0.2, 0.25) is 0 Å². The van der Waals surface area contributed by atoms with Gasteiger partial charge in [0, 0.05) is 6.42 Å². The van der Waals surface area contributed by atoms with Gasteiger partial charge in [0.05, 0.1) is 30.4 Å². The van der Waals surface area contributed by atoms with Gasteiger partial charge in [-0.3, -0.25) is 9.69 Å². The summed E-state index contributed by atoms with van der Waals surface area (Å²) in [6, 6.07) is 15.5. The molecule has 0 spiro atoms. The van der Waals surface area contributed by atoms with Gasteiger partial charge in [-0.25, -0.2) is 9.99 Å². The molecule has 3 aromatic rings. The molecule has 0 bridgehead atoms. The summed E-state index contributed by atoms with van der Waals surface area (Å²) in [7, 11) is 1.65. The number of benzene rings is 2. The van der Waals surface area contributed by atoms with Crippen LogP contribution in [0.3, 0.4) is 0 Å².